The summed E-state index contributed by atoms with van der Waals surface area (Å²) in [6.07, 6.45) is 18.0. The molecule has 25 heavy (non-hydrogen) atoms. The lowest BCUT2D eigenvalue weighted by Gasteiger charge is -2.07. The highest BCUT2D eigenvalue weighted by Crippen LogP contribution is 2.10. The third kappa shape index (κ3) is 31.4. The normalized spacial score (nSPS) is 12.2. The third-order valence-corrected chi connectivity index (χ3v) is 3.76. The summed E-state index contributed by atoms with van der Waals surface area (Å²) >= 11 is 0. The lowest BCUT2D eigenvalue weighted by molar-refractivity contribution is -0.802. The van der Waals surface area contributed by atoms with Crippen LogP contribution in [0, 0.1) is 5.21 Å². The van der Waals surface area contributed by atoms with Crippen LogP contribution in [0.25, 0.3) is 0 Å². The number of unbranched alkanes of at least 4 members (excludes halogenated alkanes) is 8. The number of hydrogen-bond donors (Lipinski definition) is 3. The van der Waals surface area contributed by atoms with Crippen LogP contribution >= 0.6 is 0 Å². The molecule has 1 amide bonds. The zero-order valence-corrected chi connectivity index (χ0v) is 16.8. The lowest BCUT2D eigenvalue weighted by atomic mass is 10.1. The number of nitrogens with two attached hydrogens (primary N) is 1. The number of quaternary nitrogens is 1. The van der Waals surface area contributed by atoms with Crippen LogP contribution in [0.2, 0.25) is 0 Å². The minimum atomic E-state index is -0.189. The average Bonchev–Trinajstić information content (AvgIpc) is 2.52. The maximum absolute atomic E-state index is 10.6. The summed E-state index contributed by atoms with van der Waals surface area (Å²) in [6, 6.07) is 0. The number of carbonyl (C=O) groups is 1. The van der Waals surface area contributed by atoms with Crippen molar-refractivity contribution in [2.45, 2.75) is 96.5 Å². The fourth-order valence-corrected chi connectivity index (χ4v) is 2.39. The molecule has 5 nitrogen and oxygen atoms in total. The molecule has 0 aromatic rings. The van der Waals surface area contributed by atoms with Gasteiger partial charge in [0.2, 0.25) is 5.91 Å². The summed E-state index contributed by atoms with van der Waals surface area (Å²) in [5.74, 6) is -0.189. The lowest BCUT2D eigenvalue weighted by Crippen LogP contribution is -3.00. The maximum atomic E-state index is 10.6. The molecule has 0 aliphatic rings. The molecule has 0 aromatic carbocycles. The number of hydrogen-bond acceptors (Lipinski definition) is 3. The van der Waals surface area contributed by atoms with Crippen molar-refractivity contribution < 1.29 is 15.0 Å². The molecule has 0 saturated carbocycles. The number of carbonyl (C=O) groups excluding carboxylic acids is 1. The van der Waals surface area contributed by atoms with Gasteiger partial charge in [0.1, 0.15) is 0 Å². The Morgan fingerprint density at radius 3 is 2.20 bits per heavy atom. The Morgan fingerprint density at radius 2 is 1.60 bits per heavy atom. The van der Waals surface area contributed by atoms with Crippen molar-refractivity contribution >= 4 is 5.91 Å². The number of aliphatic hydroxyl groups excluding tert-OH is 1. The molecule has 0 bridgehead atoms. The van der Waals surface area contributed by atoms with E-state index in [2.05, 4.69) is 19.1 Å². The Balaban J connectivity index is 0. The van der Waals surface area contributed by atoms with Crippen LogP contribution in [0.1, 0.15) is 90.4 Å². The summed E-state index contributed by atoms with van der Waals surface area (Å²) in [4.78, 5) is 10.6. The van der Waals surface area contributed by atoms with Gasteiger partial charge in [0.25, 0.3) is 0 Å². The summed E-state index contributed by atoms with van der Waals surface area (Å²) < 4.78 is 0. The van der Waals surface area contributed by atoms with Gasteiger partial charge in [-0.2, -0.15) is 0 Å². The molecule has 0 aromatic heterocycles. The number of allylic oxidation sites excluding steroid dienone is 1. The molecule has 0 radical (unpaired) electrons. The molecule has 0 aliphatic heterocycles. The Morgan fingerprint density at radius 1 is 1.04 bits per heavy atom. The van der Waals surface area contributed by atoms with Crippen LogP contribution in [-0.2, 0) is 4.79 Å². The Kier molecular flexibility index (Phi) is 22.2. The first kappa shape index (κ1) is 26.3. The van der Waals surface area contributed by atoms with Crippen LogP contribution in [0.5, 0.6) is 0 Å². The van der Waals surface area contributed by atoms with Gasteiger partial charge in [-0.15, -0.1) is 0 Å². The molecule has 4 N–H and O–H groups in total. The Labute approximate surface area is 155 Å². The highest BCUT2D eigenvalue weighted by Gasteiger charge is 2.00. The fraction of sp³-hybridized carbons (Fsp3) is 0.850. The van der Waals surface area contributed by atoms with Crippen LogP contribution in [0.15, 0.2) is 12.2 Å². The van der Waals surface area contributed by atoms with Gasteiger partial charge < -0.3 is 21.1 Å². The van der Waals surface area contributed by atoms with E-state index in [0.29, 0.717) is 6.42 Å². The molecule has 150 valence electrons. The molecule has 1 unspecified atom stereocenters. The standard InChI is InChI=1S/C18H35NO2.C2H7NO/c1-2-3-4-11-14-17(20)15-12-9-7-5-6-8-10-13-16-18(19)21;1-3(2)4/h9,12,17,20H,2-8,10-11,13-16H2,1H3,(H2,19,21);3H,1-2H3/b12-9-;. The van der Waals surface area contributed by atoms with Gasteiger partial charge in [0.05, 0.1) is 20.2 Å². The van der Waals surface area contributed by atoms with Gasteiger partial charge >= 0.3 is 0 Å². The smallest absolute Gasteiger partial charge is 0.217 e. The number of nitrogens with one attached hydrogen (secondary N) is 1. The van der Waals surface area contributed by atoms with Crippen molar-refractivity contribution in [3.63, 3.8) is 0 Å². The second-order valence-electron chi connectivity index (χ2n) is 6.89. The minimum Gasteiger partial charge on any atom is -0.635 e. The highest BCUT2D eigenvalue weighted by molar-refractivity contribution is 5.73. The number of amides is 1. The van der Waals surface area contributed by atoms with Gasteiger partial charge in [-0.3, -0.25) is 4.79 Å². The van der Waals surface area contributed by atoms with Crippen LogP contribution in [0.3, 0.4) is 0 Å². The first-order valence-corrected chi connectivity index (χ1v) is 9.98. The predicted molar refractivity (Wildman–Crippen MR) is 106 cm³/mol. The molecule has 0 spiro atoms. The second kappa shape index (κ2) is 21.1. The SMILES string of the molecule is CCCCCCC(O)C/C=C\CCCCCCCC(N)=O.C[NH+](C)[O-]. The molecule has 1 atom stereocenters. The summed E-state index contributed by atoms with van der Waals surface area (Å²) in [5.41, 5.74) is 5.09. The summed E-state index contributed by atoms with van der Waals surface area (Å²) in [7, 11) is 3.06. The molecule has 0 heterocycles. The van der Waals surface area contributed by atoms with Crippen molar-refractivity contribution in [3.8, 4) is 0 Å². The maximum Gasteiger partial charge on any atom is 0.217 e. The number of hydroxylamine groups is 2. The van der Waals surface area contributed by atoms with Crippen molar-refractivity contribution in [2.24, 2.45) is 5.73 Å². The van der Waals surface area contributed by atoms with E-state index in [0.717, 1.165) is 38.5 Å². The summed E-state index contributed by atoms with van der Waals surface area (Å²) in [5, 5.41) is 19.4. The van der Waals surface area contributed by atoms with Gasteiger partial charge in [-0.1, -0.05) is 64.0 Å². The van der Waals surface area contributed by atoms with E-state index in [-0.39, 0.29) is 17.1 Å². The molecular weight excluding hydrogens is 316 g/mol. The average molecular weight is 359 g/mol. The van der Waals surface area contributed by atoms with Gasteiger partial charge in [0.15, 0.2) is 0 Å². The van der Waals surface area contributed by atoms with E-state index in [1.807, 2.05) is 0 Å². The van der Waals surface area contributed by atoms with Gasteiger partial charge in [-0.05, 0) is 32.1 Å². The minimum absolute atomic E-state index is 0.160. The fourth-order valence-electron chi connectivity index (χ4n) is 2.39. The molecule has 0 saturated heterocycles. The quantitative estimate of drug-likeness (QED) is 0.239. The van der Waals surface area contributed by atoms with Crippen LogP contribution in [-0.4, -0.2) is 31.2 Å². The number of rotatable bonds is 15. The van der Waals surface area contributed by atoms with Crippen molar-refractivity contribution in [3.05, 3.63) is 17.4 Å². The van der Waals surface area contributed by atoms with Crippen LogP contribution < -0.4 is 10.8 Å². The van der Waals surface area contributed by atoms with Crippen LogP contribution in [0.4, 0.5) is 0 Å². The van der Waals surface area contributed by atoms with Crippen molar-refractivity contribution in [1.82, 2.24) is 0 Å². The molecular formula is C20H42N2O3. The van der Waals surface area contributed by atoms with E-state index in [4.69, 9.17) is 5.73 Å². The van der Waals surface area contributed by atoms with E-state index < -0.39 is 0 Å². The highest BCUT2D eigenvalue weighted by atomic mass is 16.5. The van der Waals surface area contributed by atoms with Gasteiger partial charge in [-0.25, -0.2) is 0 Å². The van der Waals surface area contributed by atoms with Gasteiger partial charge in [0, 0.05) is 6.42 Å². The zero-order chi connectivity index (χ0) is 19.3. The molecule has 0 aliphatic carbocycles. The van der Waals surface area contributed by atoms with E-state index >= 15 is 0 Å². The van der Waals surface area contributed by atoms with E-state index in [1.54, 1.807) is 0 Å². The molecule has 0 fully saturated rings. The third-order valence-electron chi connectivity index (χ3n) is 3.76. The molecule has 0 rings (SSSR count). The molecule has 5 heteroatoms. The zero-order valence-electron chi connectivity index (χ0n) is 16.8. The monoisotopic (exact) mass is 358 g/mol. The number of aliphatic hydroxyl groups is 1. The number of primary amides is 1. The first-order valence-electron chi connectivity index (χ1n) is 9.98. The summed E-state index contributed by atoms with van der Waals surface area (Å²) in [6.45, 7) is 2.21. The Hall–Kier alpha value is -0.910. The van der Waals surface area contributed by atoms with Crippen molar-refractivity contribution in [2.75, 3.05) is 14.1 Å². The van der Waals surface area contributed by atoms with Crippen molar-refractivity contribution in [1.29, 1.82) is 0 Å². The first-order chi connectivity index (χ1) is 11.9. The Bertz CT molecular complexity index is 305. The predicted octanol–water partition coefficient (Wildman–Crippen LogP) is 3.11. The largest absolute Gasteiger partial charge is 0.635 e. The van der Waals surface area contributed by atoms with E-state index in [1.165, 1.54) is 52.6 Å². The topological polar surface area (TPSA) is 90.8 Å². The van der Waals surface area contributed by atoms with E-state index in [9.17, 15) is 15.1 Å². The second-order valence-corrected chi connectivity index (χ2v) is 6.89.